The zero-order valence-corrected chi connectivity index (χ0v) is 12.8. The number of carbonyl (C=O) groups is 1. The topological polar surface area (TPSA) is 72.2 Å². The van der Waals surface area contributed by atoms with E-state index in [1.165, 1.54) is 16.5 Å². The smallest absolute Gasteiger partial charge is 0.313 e. The van der Waals surface area contributed by atoms with Crippen LogP contribution in [0.2, 0.25) is 0 Å². The van der Waals surface area contributed by atoms with Gasteiger partial charge in [-0.15, -0.1) is 11.3 Å². The summed E-state index contributed by atoms with van der Waals surface area (Å²) in [6.45, 7) is 0. The van der Waals surface area contributed by atoms with Crippen molar-refractivity contribution >= 4 is 29.1 Å². The van der Waals surface area contributed by atoms with Crippen molar-refractivity contribution in [3.05, 3.63) is 44.5 Å². The summed E-state index contributed by atoms with van der Waals surface area (Å²) in [5, 5.41) is 11.4. The van der Waals surface area contributed by atoms with Crippen molar-refractivity contribution in [3.8, 4) is 0 Å². The summed E-state index contributed by atoms with van der Waals surface area (Å²) in [5.41, 5.74) is 0.939. The number of aliphatic carboxylic acids is 1. The van der Waals surface area contributed by atoms with E-state index in [-0.39, 0.29) is 17.4 Å². The van der Waals surface area contributed by atoms with Gasteiger partial charge in [-0.25, -0.2) is 0 Å². The van der Waals surface area contributed by atoms with Crippen LogP contribution in [0.15, 0.2) is 33.7 Å². The summed E-state index contributed by atoms with van der Waals surface area (Å²) in [7, 11) is 0. The van der Waals surface area contributed by atoms with Crippen LogP contribution in [0.3, 0.4) is 0 Å². The number of fused-ring (bicyclic) bond motifs is 1. The average Bonchev–Trinajstić information content (AvgIpc) is 2.93. The average molecular weight is 322 g/mol. The zero-order valence-electron chi connectivity index (χ0n) is 11.2. The summed E-state index contributed by atoms with van der Waals surface area (Å²) in [4.78, 5) is 27.6. The Balaban J connectivity index is 1.99. The number of rotatable bonds is 4. The van der Waals surface area contributed by atoms with E-state index in [4.69, 9.17) is 5.11 Å². The van der Waals surface area contributed by atoms with E-state index in [0.29, 0.717) is 5.16 Å². The number of hydrogen-bond acceptors (Lipinski definition) is 5. The third kappa shape index (κ3) is 3.03. The largest absolute Gasteiger partial charge is 0.481 e. The Labute approximate surface area is 129 Å². The van der Waals surface area contributed by atoms with E-state index in [2.05, 4.69) is 16.4 Å². The number of hydrogen-bond donors (Lipinski definition) is 1. The van der Waals surface area contributed by atoms with Gasteiger partial charge < -0.3 is 9.67 Å². The Hall–Kier alpha value is -1.60. The van der Waals surface area contributed by atoms with Gasteiger partial charge in [0.05, 0.1) is 11.8 Å². The monoisotopic (exact) mass is 322 g/mol. The molecule has 1 aliphatic carbocycles. The molecule has 1 unspecified atom stereocenters. The highest BCUT2D eigenvalue weighted by atomic mass is 32.2. The second-order valence-electron chi connectivity index (χ2n) is 4.85. The van der Waals surface area contributed by atoms with Gasteiger partial charge in [-0.05, 0) is 36.3 Å². The lowest BCUT2D eigenvalue weighted by atomic mass is 9.94. The summed E-state index contributed by atoms with van der Waals surface area (Å²) in [6, 6.07) is 3.70. The molecular weight excluding hydrogens is 308 g/mol. The van der Waals surface area contributed by atoms with Crippen molar-refractivity contribution < 1.29 is 9.90 Å². The van der Waals surface area contributed by atoms with Crippen LogP contribution in [0.25, 0.3) is 0 Å². The van der Waals surface area contributed by atoms with E-state index < -0.39 is 5.97 Å². The van der Waals surface area contributed by atoms with Crippen molar-refractivity contribution in [2.45, 2.75) is 30.5 Å². The van der Waals surface area contributed by atoms with Crippen molar-refractivity contribution in [1.29, 1.82) is 0 Å². The summed E-state index contributed by atoms with van der Waals surface area (Å²) in [5.74, 6) is -1.01. The molecule has 7 heteroatoms. The van der Waals surface area contributed by atoms with Crippen LogP contribution in [-0.2, 0) is 11.2 Å². The molecule has 0 saturated carbocycles. The number of carboxylic acid groups (broad SMARTS) is 1. The fourth-order valence-electron chi connectivity index (χ4n) is 2.62. The maximum Gasteiger partial charge on any atom is 0.313 e. The Morgan fingerprint density at radius 3 is 3.19 bits per heavy atom. The molecule has 1 atom stereocenters. The standard InChI is InChI=1S/C14H14N2O3S2/c17-12-4-6-16(14(15-12)21-8-13(18)19)10-2-1-3-11-9(10)5-7-20-11/h4-7,10H,1-3,8H2,(H,18,19). The number of nitrogens with zero attached hydrogens (tertiary/aromatic N) is 2. The number of thiophene rings is 1. The second kappa shape index (κ2) is 6.03. The van der Waals surface area contributed by atoms with E-state index in [1.807, 2.05) is 4.57 Å². The Morgan fingerprint density at radius 1 is 1.52 bits per heavy atom. The van der Waals surface area contributed by atoms with Crippen molar-refractivity contribution in [2.24, 2.45) is 0 Å². The number of aryl methyl sites for hydroxylation is 1. The van der Waals surface area contributed by atoms with Gasteiger partial charge in [-0.1, -0.05) is 11.8 Å². The van der Waals surface area contributed by atoms with Crippen molar-refractivity contribution in [2.75, 3.05) is 5.75 Å². The number of carboxylic acids is 1. The molecule has 0 saturated heterocycles. The molecule has 21 heavy (non-hydrogen) atoms. The van der Waals surface area contributed by atoms with Gasteiger partial charge in [-0.3, -0.25) is 9.59 Å². The van der Waals surface area contributed by atoms with Crippen LogP contribution >= 0.6 is 23.1 Å². The molecular formula is C14H14N2O3S2. The Morgan fingerprint density at radius 2 is 2.38 bits per heavy atom. The first-order valence-electron chi connectivity index (χ1n) is 6.65. The molecule has 1 N–H and O–H groups in total. The lowest BCUT2D eigenvalue weighted by molar-refractivity contribution is -0.133. The molecule has 0 aromatic carbocycles. The highest BCUT2D eigenvalue weighted by Gasteiger charge is 2.24. The predicted molar refractivity (Wildman–Crippen MR) is 82.3 cm³/mol. The van der Waals surface area contributed by atoms with Gasteiger partial charge in [0.2, 0.25) is 0 Å². The van der Waals surface area contributed by atoms with Crippen molar-refractivity contribution in [1.82, 2.24) is 9.55 Å². The Bertz CT molecular complexity index is 723. The lowest BCUT2D eigenvalue weighted by Gasteiger charge is -2.26. The first kappa shape index (κ1) is 14.3. The molecule has 110 valence electrons. The van der Waals surface area contributed by atoms with E-state index in [1.54, 1.807) is 17.5 Å². The van der Waals surface area contributed by atoms with Gasteiger partial charge in [0.15, 0.2) is 5.16 Å². The molecule has 0 amide bonds. The maximum atomic E-state index is 11.5. The minimum absolute atomic E-state index is 0.0976. The minimum atomic E-state index is -0.912. The van der Waals surface area contributed by atoms with E-state index in [0.717, 1.165) is 31.0 Å². The normalized spacial score (nSPS) is 17.4. The van der Waals surface area contributed by atoms with Gasteiger partial charge in [-0.2, -0.15) is 4.98 Å². The maximum absolute atomic E-state index is 11.5. The zero-order chi connectivity index (χ0) is 14.8. The fraction of sp³-hybridized carbons (Fsp3) is 0.357. The van der Waals surface area contributed by atoms with Crippen molar-refractivity contribution in [3.63, 3.8) is 0 Å². The molecule has 1 aliphatic rings. The third-order valence-corrected chi connectivity index (χ3v) is 5.43. The van der Waals surface area contributed by atoms with Crippen LogP contribution < -0.4 is 5.56 Å². The molecule has 0 fully saturated rings. The number of thioether (sulfide) groups is 1. The third-order valence-electron chi connectivity index (χ3n) is 3.49. The molecule has 0 radical (unpaired) electrons. The quantitative estimate of drug-likeness (QED) is 0.691. The molecule has 3 rings (SSSR count). The Kier molecular flexibility index (Phi) is 4.12. The fourth-order valence-corrected chi connectivity index (χ4v) is 4.34. The van der Waals surface area contributed by atoms with E-state index in [9.17, 15) is 9.59 Å². The summed E-state index contributed by atoms with van der Waals surface area (Å²) < 4.78 is 1.94. The van der Waals surface area contributed by atoms with Crippen LogP contribution in [0.5, 0.6) is 0 Å². The summed E-state index contributed by atoms with van der Waals surface area (Å²) in [6.07, 6.45) is 4.90. The van der Waals surface area contributed by atoms with Gasteiger partial charge in [0, 0.05) is 17.1 Å². The first-order valence-corrected chi connectivity index (χ1v) is 8.51. The molecule has 2 heterocycles. The number of aromatic nitrogens is 2. The van der Waals surface area contributed by atoms with Crippen LogP contribution in [0.4, 0.5) is 0 Å². The lowest BCUT2D eigenvalue weighted by Crippen LogP contribution is -2.21. The van der Waals surface area contributed by atoms with Crippen LogP contribution in [0.1, 0.15) is 29.3 Å². The SMILES string of the molecule is O=C(O)CSc1nc(=O)ccn1C1CCCc2sccc21. The van der Waals surface area contributed by atoms with E-state index >= 15 is 0 Å². The highest BCUT2D eigenvalue weighted by Crippen LogP contribution is 2.37. The molecule has 5 nitrogen and oxygen atoms in total. The molecule has 0 aliphatic heterocycles. The first-order chi connectivity index (χ1) is 10.1. The molecule has 2 aromatic rings. The molecule has 0 bridgehead atoms. The predicted octanol–water partition coefficient (Wildman–Crippen LogP) is 2.41. The highest BCUT2D eigenvalue weighted by molar-refractivity contribution is 7.99. The molecule has 0 spiro atoms. The van der Waals surface area contributed by atoms with Gasteiger partial charge in [0.1, 0.15) is 0 Å². The summed E-state index contributed by atoms with van der Waals surface area (Å²) >= 11 is 2.85. The molecule has 2 aromatic heterocycles. The van der Waals surface area contributed by atoms with Crippen LogP contribution in [-0.4, -0.2) is 26.4 Å². The van der Waals surface area contributed by atoms with Gasteiger partial charge in [0.25, 0.3) is 5.56 Å². The second-order valence-corrected chi connectivity index (χ2v) is 6.79. The minimum Gasteiger partial charge on any atom is -0.481 e. The van der Waals surface area contributed by atoms with Crippen LogP contribution in [0, 0.1) is 0 Å². The van der Waals surface area contributed by atoms with Gasteiger partial charge >= 0.3 is 5.97 Å².